The number of rotatable bonds is 3. The van der Waals surface area contributed by atoms with Crippen LogP contribution >= 0.6 is 15.9 Å². The van der Waals surface area contributed by atoms with Crippen molar-refractivity contribution in [1.29, 1.82) is 0 Å². The Hall–Kier alpha value is -1.60. The number of hydrogen-bond donors (Lipinski definition) is 0. The van der Waals surface area contributed by atoms with E-state index in [1.165, 1.54) is 4.90 Å². The summed E-state index contributed by atoms with van der Waals surface area (Å²) < 4.78 is 30.9. The van der Waals surface area contributed by atoms with E-state index in [1.807, 2.05) is 0 Å². The highest BCUT2D eigenvalue weighted by molar-refractivity contribution is 9.10. The fourth-order valence-corrected chi connectivity index (χ4v) is 4.57. The molecule has 0 bridgehead atoms. The van der Waals surface area contributed by atoms with Crippen LogP contribution in [0.2, 0.25) is 0 Å². The molecule has 0 radical (unpaired) electrons. The summed E-state index contributed by atoms with van der Waals surface area (Å²) in [7, 11) is -3.42. The Morgan fingerprint density at radius 2 is 1.91 bits per heavy atom. The van der Waals surface area contributed by atoms with Gasteiger partial charge < -0.3 is 9.32 Å². The molecule has 0 saturated carbocycles. The summed E-state index contributed by atoms with van der Waals surface area (Å²) in [6.45, 7) is 0.599. The summed E-state index contributed by atoms with van der Waals surface area (Å²) in [5, 5.41) is -0.572. The van der Waals surface area contributed by atoms with Crippen LogP contribution in [0.3, 0.4) is 0 Å². The molecule has 1 saturated heterocycles. The van der Waals surface area contributed by atoms with Gasteiger partial charge in [0.25, 0.3) is 5.91 Å². The predicted octanol–water partition coefficient (Wildman–Crippen LogP) is 2.73. The predicted molar refractivity (Wildman–Crippen MR) is 84.3 cm³/mol. The normalized spacial score (nSPS) is 18.6. The largest absolute Gasteiger partial charge is 0.444 e. The number of likely N-dealkylation sites (tertiary alicyclic amines) is 1. The van der Waals surface area contributed by atoms with Crippen molar-refractivity contribution in [3.63, 3.8) is 0 Å². The molecule has 0 spiro atoms. The zero-order valence-electron chi connectivity index (χ0n) is 11.6. The quantitative estimate of drug-likeness (QED) is 0.816. The molecule has 1 amide bonds. The minimum Gasteiger partial charge on any atom is -0.444 e. The number of benzene rings is 1. The number of nitrogens with zero attached hydrogens (tertiary/aromatic N) is 1. The van der Waals surface area contributed by atoms with Crippen LogP contribution in [0.25, 0.3) is 0 Å². The van der Waals surface area contributed by atoms with Crippen LogP contribution in [-0.2, 0) is 9.84 Å². The van der Waals surface area contributed by atoms with Gasteiger partial charge in [-0.05, 0) is 46.6 Å². The molecule has 1 atom stereocenters. The monoisotopic (exact) mass is 383 g/mol. The molecular formula is C15H14BrNO4S. The lowest BCUT2D eigenvalue weighted by molar-refractivity contribution is 0.0760. The first-order chi connectivity index (χ1) is 10.5. The number of carbonyl (C=O) groups excluding carboxylic acids is 1. The summed E-state index contributed by atoms with van der Waals surface area (Å²) in [6, 6.07) is 11.6. The van der Waals surface area contributed by atoms with Crippen LogP contribution in [0.1, 0.15) is 17.0 Å². The molecule has 22 heavy (non-hydrogen) atoms. The molecule has 0 N–H and O–H groups in total. The van der Waals surface area contributed by atoms with E-state index in [0.29, 0.717) is 22.5 Å². The number of carbonyl (C=O) groups is 1. The molecule has 1 aliphatic rings. The molecule has 1 fully saturated rings. The zero-order valence-corrected chi connectivity index (χ0v) is 14.0. The van der Waals surface area contributed by atoms with Gasteiger partial charge in [0.2, 0.25) is 0 Å². The number of furan rings is 1. The van der Waals surface area contributed by atoms with Crippen molar-refractivity contribution in [2.75, 3.05) is 13.1 Å². The van der Waals surface area contributed by atoms with Crippen LogP contribution < -0.4 is 0 Å². The van der Waals surface area contributed by atoms with Crippen molar-refractivity contribution in [3.8, 4) is 0 Å². The van der Waals surface area contributed by atoms with Crippen LogP contribution in [0.4, 0.5) is 0 Å². The molecule has 2 heterocycles. The van der Waals surface area contributed by atoms with Crippen molar-refractivity contribution >= 4 is 31.7 Å². The SMILES string of the molecule is O=C(c1ccc(Br)o1)N1CC[C@H](S(=O)(=O)c2ccccc2)C1. The third-order valence-corrected chi connectivity index (χ3v) is 6.34. The lowest BCUT2D eigenvalue weighted by atomic mass is 10.4. The van der Waals surface area contributed by atoms with Gasteiger partial charge in [0.1, 0.15) is 0 Å². The topological polar surface area (TPSA) is 67.6 Å². The van der Waals surface area contributed by atoms with Gasteiger partial charge in [-0.15, -0.1) is 0 Å². The Bertz CT molecular complexity index is 785. The van der Waals surface area contributed by atoms with Gasteiger partial charge in [0.15, 0.2) is 20.3 Å². The average molecular weight is 384 g/mol. The summed E-state index contributed by atoms with van der Waals surface area (Å²) in [5.41, 5.74) is 0. The molecule has 116 valence electrons. The standard InChI is InChI=1S/C15H14BrNO4S/c16-14-7-6-13(21-14)15(18)17-9-8-12(10-17)22(19,20)11-4-2-1-3-5-11/h1-7,12H,8-10H2/t12-/m0/s1. The van der Waals surface area contributed by atoms with Crippen molar-refractivity contribution in [1.82, 2.24) is 4.90 Å². The summed E-state index contributed by atoms with van der Waals surface area (Å²) in [6.07, 6.45) is 0.435. The minimum atomic E-state index is -3.42. The number of amides is 1. The fraction of sp³-hybridized carbons (Fsp3) is 0.267. The highest BCUT2D eigenvalue weighted by atomic mass is 79.9. The Balaban J connectivity index is 1.76. The van der Waals surface area contributed by atoms with E-state index >= 15 is 0 Å². The maximum atomic E-state index is 12.6. The second kappa shape index (κ2) is 5.89. The zero-order chi connectivity index (χ0) is 15.7. The summed E-state index contributed by atoms with van der Waals surface area (Å²) in [5.74, 6) is -0.0684. The molecule has 1 aromatic heterocycles. The van der Waals surface area contributed by atoms with Crippen molar-refractivity contribution in [2.24, 2.45) is 0 Å². The third kappa shape index (κ3) is 2.83. The van der Waals surface area contributed by atoms with Gasteiger partial charge in [0, 0.05) is 13.1 Å². The van der Waals surface area contributed by atoms with E-state index in [-0.39, 0.29) is 18.2 Å². The third-order valence-electron chi connectivity index (χ3n) is 3.73. The van der Waals surface area contributed by atoms with E-state index in [2.05, 4.69) is 15.9 Å². The summed E-state index contributed by atoms with van der Waals surface area (Å²) >= 11 is 3.15. The van der Waals surface area contributed by atoms with Crippen LogP contribution in [0.15, 0.2) is 56.4 Å². The molecule has 5 nitrogen and oxygen atoms in total. The molecule has 1 aromatic carbocycles. The van der Waals surface area contributed by atoms with Gasteiger partial charge in [0.05, 0.1) is 10.1 Å². The van der Waals surface area contributed by atoms with E-state index in [9.17, 15) is 13.2 Å². The maximum Gasteiger partial charge on any atom is 0.289 e. The minimum absolute atomic E-state index is 0.189. The number of halogens is 1. The summed E-state index contributed by atoms with van der Waals surface area (Å²) in [4.78, 5) is 14.1. The smallest absolute Gasteiger partial charge is 0.289 e. The van der Waals surface area contributed by atoms with E-state index in [4.69, 9.17) is 4.42 Å². The van der Waals surface area contributed by atoms with E-state index in [1.54, 1.807) is 42.5 Å². The lowest BCUT2D eigenvalue weighted by Crippen LogP contribution is -2.31. The first-order valence-electron chi connectivity index (χ1n) is 6.82. The molecule has 3 rings (SSSR count). The van der Waals surface area contributed by atoms with Crippen molar-refractivity contribution < 1.29 is 17.6 Å². The second-order valence-electron chi connectivity index (χ2n) is 5.12. The average Bonchev–Trinajstić information content (AvgIpc) is 3.17. The first-order valence-corrected chi connectivity index (χ1v) is 9.16. The van der Waals surface area contributed by atoms with Crippen LogP contribution in [0.5, 0.6) is 0 Å². The second-order valence-corrected chi connectivity index (χ2v) is 8.13. The fourth-order valence-electron chi connectivity index (χ4n) is 2.55. The Labute approximate surface area is 137 Å². The lowest BCUT2D eigenvalue weighted by Gasteiger charge is -2.15. The Morgan fingerprint density at radius 1 is 1.18 bits per heavy atom. The van der Waals surface area contributed by atoms with Crippen LogP contribution in [0, 0.1) is 0 Å². The van der Waals surface area contributed by atoms with Gasteiger partial charge >= 0.3 is 0 Å². The van der Waals surface area contributed by atoms with Crippen molar-refractivity contribution in [2.45, 2.75) is 16.6 Å². The molecule has 7 heteroatoms. The molecule has 0 aliphatic carbocycles. The van der Waals surface area contributed by atoms with E-state index in [0.717, 1.165) is 0 Å². The number of hydrogen-bond acceptors (Lipinski definition) is 4. The van der Waals surface area contributed by atoms with Crippen molar-refractivity contribution in [3.05, 3.63) is 52.9 Å². The Kier molecular flexibility index (Phi) is 4.10. The van der Waals surface area contributed by atoms with Gasteiger partial charge in [-0.3, -0.25) is 4.79 Å². The molecule has 0 unspecified atom stereocenters. The maximum absolute atomic E-state index is 12.6. The van der Waals surface area contributed by atoms with Gasteiger partial charge in [-0.2, -0.15) is 0 Å². The van der Waals surface area contributed by atoms with Crippen LogP contribution in [-0.4, -0.2) is 37.6 Å². The van der Waals surface area contributed by atoms with E-state index < -0.39 is 15.1 Å². The molecular weight excluding hydrogens is 370 g/mol. The number of sulfone groups is 1. The molecule has 1 aliphatic heterocycles. The molecule has 2 aromatic rings. The van der Waals surface area contributed by atoms with Gasteiger partial charge in [-0.25, -0.2) is 8.42 Å². The highest BCUT2D eigenvalue weighted by Crippen LogP contribution is 2.25. The van der Waals surface area contributed by atoms with Gasteiger partial charge in [-0.1, -0.05) is 18.2 Å². The first kappa shape index (κ1) is 15.3. The Morgan fingerprint density at radius 3 is 2.55 bits per heavy atom. The highest BCUT2D eigenvalue weighted by Gasteiger charge is 2.36.